The maximum Gasteiger partial charge on any atom is 0.314 e. The molecular formula is C17H15F4N5O. The van der Waals surface area contributed by atoms with Gasteiger partial charge in [0.15, 0.2) is 11.6 Å². The van der Waals surface area contributed by atoms with Crippen LogP contribution in [0.2, 0.25) is 0 Å². The minimum absolute atomic E-state index is 0.0164. The van der Waals surface area contributed by atoms with Crippen LogP contribution >= 0.6 is 0 Å². The molecule has 0 saturated heterocycles. The van der Waals surface area contributed by atoms with Gasteiger partial charge in [-0.2, -0.15) is 8.78 Å². The number of alkyl halides is 2. The van der Waals surface area contributed by atoms with E-state index in [1.54, 1.807) is 0 Å². The van der Waals surface area contributed by atoms with Gasteiger partial charge in [0.05, 0.1) is 11.6 Å². The Morgan fingerprint density at radius 2 is 1.70 bits per heavy atom. The third kappa shape index (κ3) is 4.21. The number of rotatable bonds is 6. The van der Waals surface area contributed by atoms with Crippen LogP contribution in [0, 0.1) is 17.6 Å². The highest BCUT2D eigenvalue weighted by Crippen LogP contribution is 2.27. The maximum absolute atomic E-state index is 13.5. The molecule has 0 saturated carbocycles. The summed E-state index contributed by atoms with van der Waals surface area (Å²) in [5.74, 6) is -2.55. The molecule has 0 fully saturated rings. The smallest absolute Gasteiger partial charge is 0.314 e. The van der Waals surface area contributed by atoms with Crippen LogP contribution in [0.3, 0.4) is 0 Å². The second kappa shape index (κ2) is 7.68. The Balaban J connectivity index is 1.79. The monoisotopic (exact) mass is 381 g/mol. The number of hydrogen-bond acceptors (Lipinski definition) is 6. The molecule has 2 aromatic heterocycles. The van der Waals surface area contributed by atoms with Crippen LogP contribution in [-0.4, -0.2) is 20.2 Å². The number of hydrogen-bond donors (Lipinski definition) is 1. The molecule has 0 aliphatic heterocycles. The number of halogens is 4. The van der Waals surface area contributed by atoms with E-state index in [2.05, 4.69) is 25.5 Å². The molecule has 1 unspecified atom stereocenters. The molecule has 6 nitrogen and oxygen atoms in total. The summed E-state index contributed by atoms with van der Waals surface area (Å²) < 4.78 is 56.5. The lowest BCUT2D eigenvalue weighted by Gasteiger charge is -2.23. The molecule has 0 aliphatic rings. The zero-order valence-corrected chi connectivity index (χ0v) is 14.3. The van der Waals surface area contributed by atoms with Gasteiger partial charge < -0.3 is 9.73 Å². The zero-order chi connectivity index (χ0) is 19.6. The summed E-state index contributed by atoms with van der Waals surface area (Å²) in [6.45, 7) is 3.80. The van der Waals surface area contributed by atoms with Crippen LogP contribution in [0.4, 0.5) is 23.5 Å². The predicted octanol–water partition coefficient (Wildman–Crippen LogP) is 4.55. The second-order valence-corrected chi connectivity index (χ2v) is 6.08. The number of anilines is 1. The zero-order valence-electron chi connectivity index (χ0n) is 14.3. The van der Waals surface area contributed by atoms with Crippen molar-refractivity contribution in [3.8, 4) is 11.5 Å². The van der Waals surface area contributed by atoms with E-state index in [9.17, 15) is 17.6 Å². The molecule has 1 N–H and O–H groups in total. The van der Waals surface area contributed by atoms with Gasteiger partial charge in [-0.15, -0.1) is 10.2 Å². The van der Waals surface area contributed by atoms with E-state index in [0.29, 0.717) is 5.56 Å². The van der Waals surface area contributed by atoms with E-state index in [1.807, 2.05) is 13.8 Å². The third-order valence-corrected chi connectivity index (χ3v) is 3.78. The summed E-state index contributed by atoms with van der Waals surface area (Å²) in [6.07, 6.45) is -0.197. The number of nitrogens with one attached hydrogen (secondary N) is 1. The van der Waals surface area contributed by atoms with Crippen LogP contribution in [0.25, 0.3) is 11.5 Å². The summed E-state index contributed by atoms with van der Waals surface area (Å²) in [5.41, 5.74) is 0.809. The summed E-state index contributed by atoms with van der Waals surface area (Å²) in [6, 6.07) is 3.28. The van der Waals surface area contributed by atoms with Crippen LogP contribution < -0.4 is 5.32 Å². The molecule has 10 heteroatoms. The van der Waals surface area contributed by atoms with Crippen molar-refractivity contribution in [2.24, 2.45) is 5.92 Å². The molecule has 0 bridgehead atoms. The fraction of sp³-hybridized carbons (Fsp3) is 0.294. The van der Waals surface area contributed by atoms with Crippen molar-refractivity contribution in [3.05, 3.63) is 53.7 Å². The van der Waals surface area contributed by atoms with Gasteiger partial charge in [-0.25, -0.2) is 18.7 Å². The molecule has 0 radical (unpaired) electrons. The Morgan fingerprint density at radius 3 is 2.26 bits per heavy atom. The van der Waals surface area contributed by atoms with Gasteiger partial charge >= 0.3 is 6.43 Å². The lowest BCUT2D eigenvalue weighted by molar-refractivity contribution is 0.116. The van der Waals surface area contributed by atoms with Crippen molar-refractivity contribution >= 4 is 5.95 Å². The lowest BCUT2D eigenvalue weighted by Crippen LogP contribution is -2.18. The van der Waals surface area contributed by atoms with E-state index < -0.39 is 24.0 Å². The molecule has 1 atom stereocenters. The Morgan fingerprint density at radius 1 is 1.00 bits per heavy atom. The fourth-order valence-corrected chi connectivity index (χ4v) is 2.43. The second-order valence-electron chi connectivity index (χ2n) is 6.08. The molecule has 1 aromatic carbocycles. The van der Waals surface area contributed by atoms with Crippen molar-refractivity contribution in [1.82, 2.24) is 20.2 Å². The molecule has 0 aliphatic carbocycles. The normalized spacial score (nSPS) is 12.6. The molecule has 0 spiro atoms. The minimum Gasteiger partial charge on any atom is -0.415 e. The maximum atomic E-state index is 13.5. The standard InChI is InChI=1S/C17H15F4N5O/c1-8(2)13(9-3-4-11(18)12(19)5-9)24-17-22-6-10(7-23-17)15-25-26-16(27-15)14(20)21/h3-8,13-14H,1-2H3,(H,22,23,24). The van der Waals surface area contributed by atoms with Gasteiger partial charge in [0, 0.05) is 12.4 Å². The van der Waals surface area contributed by atoms with Gasteiger partial charge in [-0.05, 0) is 23.6 Å². The first kappa shape index (κ1) is 18.7. The van der Waals surface area contributed by atoms with E-state index in [0.717, 1.165) is 12.1 Å². The first-order valence-corrected chi connectivity index (χ1v) is 8.00. The van der Waals surface area contributed by atoms with Crippen LogP contribution in [-0.2, 0) is 0 Å². The first-order valence-electron chi connectivity index (χ1n) is 8.00. The van der Waals surface area contributed by atoms with Crippen LogP contribution in [0.1, 0.15) is 37.8 Å². The Kier molecular flexibility index (Phi) is 5.33. The Hall–Kier alpha value is -3.04. The van der Waals surface area contributed by atoms with Crippen LogP contribution in [0.5, 0.6) is 0 Å². The van der Waals surface area contributed by atoms with Crippen molar-refractivity contribution in [2.45, 2.75) is 26.3 Å². The lowest BCUT2D eigenvalue weighted by atomic mass is 9.96. The molecular weight excluding hydrogens is 366 g/mol. The summed E-state index contributed by atoms with van der Waals surface area (Å²) >= 11 is 0. The predicted molar refractivity (Wildman–Crippen MR) is 87.8 cm³/mol. The summed E-state index contributed by atoms with van der Waals surface area (Å²) in [5, 5.41) is 9.80. The van der Waals surface area contributed by atoms with E-state index in [1.165, 1.54) is 18.5 Å². The number of aromatic nitrogens is 4. The van der Waals surface area contributed by atoms with E-state index in [4.69, 9.17) is 4.42 Å². The molecule has 27 heavy (non-hydrogen) atoms. The molecule has 142 valence electrons. The highest BCUT2D eigenvalue weighted by Gasteiger charge is 2.20. The fourth-order valence-electron chi connectivity index (χ4n) is 2.43. The molecule has 2 heterocycles. The minimum atomic E-state index is -2.86. The topological polar surface area (TPSA) is 76.7 Å². The molecule has 3 aromatic rings. The quantitative estimate of drug-likeness (QED) is 0.631. The largest absolute Gasteiger partial charge is 0.415 e. The number of benzene rings is 1. The Labute approximate surface area is 151 Å². The third-order valence-electron chi connectivity index (χ3n) is 3.78. The summed E-state index contributed by atoms with van der Waals surface area (Å²) in [4.78, 5) is 8.18. The highest BCUT2D eigenvalue weighted by atomic mass is 19.3. The number of nitrogens with zero attached hydrogens (tertiary/aromatic N) is 4. The summed E-state index contributed by atoms with van der Waals surface area (Å²) in [7, 11) is 0. The van der Waals surface area contributed by atoms with Crippen LogP contribution in [0.15, 0.2) is 35.0 Å². The first-order chi connectivity index (χ1) is 12.8. The van der Waals surface area contributed by atoms with Gasteiger partial charge in [-0.1, -0.05) is 19.9 Å². The van der Waals surface area contributed by atoms with E-state index in [-0.39, 0.29) is 29.4 Å². The molecule has 3 rings (SSSR count). The highest BCUT2D eigenvalue weighted by molar-refractivity contribution is 5.50. The van der Waals surface area contributed by atoms with Gasteiger partial charge in [0.2, 0.25) is 5.95 Å². The van der Waals surface area contributed by atoms with Crippen molar-refractivity contribution < 1.29 is 22.0 Å². The van der Waals surface area contributed by atoms with Crippen molar-refractivity contribution in [2.75, 3.05) is 5.32 Å². The van der Waals surface area contributed by atoms with Crippen molar-refractivity contribution in [1.29, 1.82) is 0 Å². The van der Waals surface area contributed by atoms with Gasteiger partial charge in [0.25, 0.3) is 11.8 Å². The van der Waals surface area contributed by atoms with E-state index >= 15 is 0 Å². The van der Waals surface area contributed by atoms with Gasteiger partial charge in [-0.3, -0.25) is 0 Å². The van der Waals surface area contributed by atoms with Crippen molar-refractivity contribution in [3.63, 3.8) is 0 Å². The average molecular weight is 381 g/mol. The average Bonchev–Trinajstić information content (AvgIpc) is 3.13. The Bertz CT molecular complexity index is 914. The molecule has 0 amide bonds. The SMILES string of the molecule is CC(C)C(Nc1ncc(-c2nnc(C(F)F)o2)cn1)c1ccc(F)c(F)c1. The van der Waals surface area contributed by atoms with Gasteiger partial charge in [0.1, 0.15) is 0 Å².